The van der Waals surface area contributed by atoms with Crippen molar-refractivity contribution in [3.05, 3.63) is 88.2 Å². The number of methoxy groups -OCH3 is 1. The van der Waals surface area contributed by atoms with Gasteiger partial charge in [0.2, 0.25) is 0 Å². The fourth-order valence-electron chi connectivity index (χ4n) is 3.83. The van der Waals surface area contributed by atoms with E-state index in [9.17, 15) is 8.60 Å². The molecule has 0 fully saturated rings. The van der Waals surface area contributed by atoms with E-state index in [0.717, 1.165) is 42.0 Å². The Labute approximate surface area is 179 Å². The summed E-state index contributed by atoms with van der Waals surface area (Å²) < 4.78 is 32.7. The van der Waals surface area contributed by atoms with Gasteiger partial charge in [-0.3, -0.25) is 0 Å². The van der Waals surface area contributed by atoms with Crippen LogP contribution in [0.25, 0.3) is 0 Å². The molecule has 30 heavy (non-hydrogen) atoms. The third-order valence-electron chi connectivity index (χ3n) is 5.61. The number of ether oxygens (including phenoxy) is 1. The van der Waals surface area contributed by atoms with Gasteiger partial charge in [-0.15, -0.1) is 0 Å². The summed E-state index contributed by atoms with van der Waals surface area (Å²) in [5.41, 5.74) is 5.13. The summed E-state index contributed by atoms with van der Waals surface area (Å²) >= 11 is 0. The van der Waals surface area contributed by atoms with Gasteiger partial charge in [0.15, 0.2) is 0 Å². The van der Waals surface area contributed by atoms with Crippen LogP contribution in [0.5, 0.6) is 5.75 Å². The van der Waals surface area contributed by atoms with Gasteiger partial charge in [0.25, 0.3) is 0 Å². The van der Waals surface area contributed by atoms with E-state index in [-0.39, 0.29) is 5.82 Å². The van der Waals surface area contributed by atoms with Gasteiger partial charge in [0, 0.05) is 4.90 Å². The highest BCUT2D eigenvalue weighted by Crippen LogP contribution is 2.31. The van der Waals surface area contributed by atoms with Crippen molar-refractivity contribution >= 4 is 10.8 Å². The van der Waals surface area contributed by atoms with Gasteiger partial charge in [-0.05, 0) is 97.4 Å². The third-order valence-corrected chi connectivity index (χ3v) is 7.03. The Bertz CT molecular complexity index is 1080. The molecule has 1 heterocycles. The molecule has 4 rings (SSSR count). The smallest absolute Gasteiger partial charge is 0.135 e. The minimum Gasteiger partial charge on any atom is -0.495 e. The van der Waals surface area contributed by atoms with Gasteiger partial charge in [-0.25, -0.2) is 8.60 Å². The maximum atomic E-state index is 13.8. The Morgan fingerprint density at radius 1 is 0.967 bits per heavy atom. The van der Waals surface area contributed by atoms with Crippen molar-refractivity contribution in [3.8, 4) is 5.75 Å². The van der Waals surface area contributed by atoms with Crippen LogP contribution in [0.4, 0.5) is 4.39 Å². The van der Waals surface area contributed by atoms with Crippen LogP contribution >= 0.6 is 0 Å². The van der Waals surface area contributed by atoms with Gasteiger partial charge < -0.3 is 10.1 Å². The van der Waals surface area contributed by atoms with E-state index in [0.29, 0.717) is 22.6 Å². The normalized spacial score (nSPS) is 14.6. The molecule has 156 valence electrons. The zero-order valence-corrected chi connectivity index (χ0v) is 18.2. The van der Waals surface area contributed by atoms with Crippen LogP contribution in [0.2, 0.25) is 0 Å². The molecule has 1 aliphatic heterocycles. The van der Waals surface area contributed by atoms with Crippen molar-refractivity contribution in [3.63, 3.8) is 0 Å². The highest BCUT2D eigenvalue weighted by atomic mass is 32.2. The fraction of sp³-hybridized carbons (Fsp3) is 0.280. The first kappa shape index (κ1) is 20.8. The summed E-state index contributed by atoms with van der Waals surface area (Å²) in [6, 6.07) is 17.1. The summed E-state index contributed by atoms with van der Waals surface area (Å²) in [7, 11) is 0.297. The molecule has 1 atom stereocenters. The van der Waals surface area contributed by atoms with Crippen LogP contribution in [0.3, 0.4) is 0 Å². The zero-order chi connectivity index (χ0) is 21.1. The van der Waals surface area contributed by atoms with E-state index < -0.39 is 10.8 Å². The van der Waals surface area contributed by atoms with Gasteiger partial charge in [-0.1, -0.05) is 24.3 Å². The maximum Gasteiger partial charge on any atom is 0.135 e. The molecule has 1 unspecified atom stereocenters. The molecule has 0 saturated carbocycles. The monoisotopic (exact) mass is 423 g/mol. The summed E-state index contributed by atoms with van der Waals surface area (Å²) in [6.07, 6.45) is 2.52. The van der Waals surface area contributed by atoms with Crippen LogP contribution in [0.1, 0.15) is 27.8 Å². The van der Waals surface area contributed by atoms with E-state index >= 15 is 0 Å². The maximum absolute atomic E-state index is 13.8. The van der Waals surface area contributed by atoms with Crippen molar-refractivity contribution in [2.24, 2.45) is 0 Å². The second kappa shape index (κ2) is 9.11. The molecule has 0 amide bonds. The molecule has 3 aromatic rings. The molecule has 3 nitrogen and oxygen atoms in total. The molecule has 0 spiro atoms. The van der Waals surface area contributed by atoms with E-state index in [1.54, 1.807) is 26.2 Å². The molecule has 1 aliphatic rings. The molecule has 1 N–H and O–H groups in total. The number of rotatable bonds is 5. The van der Waals surface area contributed by atoms with Crippen LogP contribution < -0.4 is 10.1 Å². The fourth-order valence-corrected chi connectivity index (χ4v) is 5.04. The Balaban J connectivity index is 1.57. The Morgan fingerprint density at radius 3 is 2.30 bits per heavy atom. The number of hydrogen-bond donors (Lipinski definition) is 1. The van der Waals surface area contributed by atoms with Gasteiger partial charge >= 0.3 is 0 Å². The van der Waals surface area contributed by atoms with Crippen LogP contribution in [0, 0.1) is 12.7 Å². The lowest BCUT2D eigenvalue weighted by Crippen LogP contribution is -2.16. The SMILES string of the molecule is COc1cc2c(cc1S(=O)c1ccc(Cc3ccc(C)c(F)c3)cc1)CCNCC2. The molecule has 3 aromatic carbocycles. The molecule has 0 aromatic heterocycles. The molecule has 0 aliphatic carbocycles. The average molecular weight is 424 g/mol. The van der Waals surface area contributed by atoms with Crippen molar-refractivity contribution in [2.45, 2.75) is 36.0 Å². The van der Waals surface area contributed by atoms with Crippen LogP contribution in [0.15, 0.2) is 64.4 Å². The average Bonchev–Trinajstić information content (AvgIpc) is 3.00. The van der Waals surface area contributed by atoms with Crippen molar-refractivity contribution in [1.82, 2.24) is 5.32 Å². The Hall–Kier alpha value is -2.50. The van der Waals surface area contributed by atoms with Crippen molar-refractivity contribution in [2.75, 3.05) is 20.2 Å². The molecule has 0 bridgehead atoms. The van der Waals surface area contributed by atoms with E-state index in [2.05, 4.69) is 5.32 Å². The molecular weight excluding hydrogens is 397 g/mol. The second-order valence-electron chi connectivity index (χ2n) is 7.69. The van der Waals surface area contributed by atoms with Gasteiger partial charge in [-0.2, -0.15) is 0 Å². The minimum atomic E-state index is -1.33. The summed E-state index contributed by atoms with van der Waals surface area (Å²) in [5, 5.41) is 3.40. The van der Waals surface area contributed by atoms with E-state index in [1.165, 1.54) is 11.1 Å². The number of fused-ring (bicyclic) bond motifs is 1. The number of hydrogen-bond acceptors (Lipinski definition) is 3. The first-order chi connectivity index (χ1) is 14.5. The first-order valence-corrected chi connectivity index (χ1v) is 11.4. The Kier molecular flexibility index (Phi) is 6.30. The molecule has 5 heteroatoms. The first-order valence-electron chi connectivity index (χ1n) is 10.2. The quantitative estimate of drug-likeness (QED) is 0.652. The molecule has 0 radical (unpaired) electrons. The summed E-state index contributed by atoms with van der Waals surface area (Å²) in [6.45, 7) is 3.64. The lowest BCUT2D eigenvalue weighted by Gasteiger charge is -2.14. The van der Waals surface area contributed by atoms with E-state index in [4.69, 9.17) is 4.74 Å². The van der Waals surface area contributed by atoms with Crippen LogP contribution in [-0.4, -0.2) is 24.4 Å². The summed E-state index contributed by atoms with van der Waals surface area (Å²) in [4.78, 5) is 1.45. The van der Waals surface area contributed by atoms with Gasteiger partial charge in [0.05, 0.1) is 22.8 Å². The standard InChI is InChI=1S/C25H26FNO2S/c1-17-3-4-19(14-23(17)26)13-18-5-7-22(8-6-18)30(28)25-16-21-10-12-27-11-9-20(21)15-24(25)29-2/h3-8,14-16,27H,9-13H2,1-2H3. The third kappa shape index (κ3) is 4.47. The van der Waals surface area contributed by atoms with Crippen molar-refractivity contribution in [1.29, 1.82) is 0 Å². The Morgan fingerprint density at radius 2 is 1.63 bits per heavy atom. The highest BCUT2D eigenvalue weighted by Gasteiger charge is 2.18. The highest BCUT2D eigenvalue weighted by molar-refractivity contribution is 7.85. The number of nitrogens with one attached hydrogen (secondary N) is 1. The van der Waals surface area contributed by atoms with Crippen molar-refractivity contribution < 1.29 is 13.3 Å². The number of aryl methyl sites for hydroxylation is 1. The predicted molar refractivity (Wildman–Crippen MR) is 118 cm³/mol. The zero-order valence-electron chi connectivity index (χ0n) is 17.3. The molecular formula is C25H26FNO2S. The number of halogens is 1. The second-order valence-corrected chi connectivity index (χ2v) is 9.14. The topological polar surface area (TPSA) is 38.3 Å². The van der Waals surface area contributed by atoms with Crippen LogP contribution in [-0.2, 0) is 30.1 Å². The lowest BCUT2D eigenvalue weighted by molar-refractivity contribution is 0.403. The molecule has 0 saturated heterocycles. The largest absolute Gasteiger partial charge is 0.495 e. The number of benzene rings is 3. The van der Waals surface area contributed by atoms with E-state index in [1.807, 2.05) is 42.5 Å². The minimum absolute atomic E-state index is 0.185. The lowest BCUT2D eigenvalue weighted by atomic mass is 10.0. The van der Waals surface area contributed by atoms with Gasteiger partial charge in [0.1, 0.15) is 11.6 Å². The summed E-state index contributed by atoms with van der Waals surface area (Å²) in [5.74, 6) is 0.490. The predicted octanol–water partition coefficient (Wildman–Crippen LogP) is 4.59.